The Labute approximate surface area is 91.9 Å². The van der Waals surface area contributed by atoms with E-state index < -0.39 is 5.24 Å². The molecule has 0 aliphatic carbocycles. The lowest BCUT2D eigenvalue weighted by Crippen LogP contribution is -1.87. The molecular formula is C12H6ClNO. The lowest BCUT2D eigenvalue weighted by atomic mass is 10.1. The summed E-state index contributed by atoms with van der Waals surface area (Å²) in [7, 11) is 0. The summed E-state index contributed by atoms with van der Waals surface area (Å²) in [6, 6.07) is 10.5. The fraction of sp³-hybridized carbons (Fsp3) is 0. The van der Waals surface area contributed by atoms with Gasteiger partial charge in [-0.05, 0) is 40.6 Å². The Morgan fingerprint density at radius 2 is 1.80 bits per heavy atom. The van der Waals surface area contributed by atoms with Crippen LogP contribution in [-0.4, -0.2) is 5.24 Å². The summed E-state index contributed by atoms with van der Waals surface area (Å²) in [5.74, 6) is 0. The smallest absolute Gasteiger partial charge is 0.252 e. The van der Waals surface area contributed by atoms with Crippen LogP contribution in [-0.2, 0) is 0 Å². The van der Waals surface area contributed by atoms with Crippen molar-refractivity contribution in [3.8, 4) is 0 Å². The van der Waals surface area contributed by atoms with Gasteiger partial charge in [-0.2, -0.15) is 0 Å². The minimum absolute atomic E-state index is 0.467. The summed E-state index contributed by atoms with van der Waals surface area (Å²) >= 11 is 5.37. The molecule has 0 aliphatic heterocycles. The van der Waals surface area contributed by atoms with Gasteiger partial charge in [0.2, 0.25) is 0 Å². The third-order valence-corrected chi connectivity index (χ3v) is 2.40. The minimum Gasteiger partial charge on any atom is -0.276 e. The van der Waals surface area contributed by atoms with Crippen molar-refractivity contribution in [3.05, 3.63) is 53.4 Å². The topological polar surface area (TPSA) is 21.4 Å². The van der Waals surface area contributed by atoms with Gasteiger partial charge in [0.05, 0.1) is 6.57 Å². The molecule has 0 unspecified atom stereocenters. The Kier molecular flexibility index (Phi) is 2.40. The molecule has 0 atom stereocenters. The molecule has 2 nitrogen and oxygen atoms in total. The first-order valence-electron chi connectivity index (χ1n) is 4.32. The molecule has 0 spiro atoms. The summed E-state index contributed by atoms with van der Waals surface area (Å²) in [5.41, 5.74) is 1.06. The van der Waals surface area contributed by atoms with E-state index in [2.05, 4.69) is 4.85 Å². The van der Waals surface area contributed by atoms with Crippen molar-refractivity contribution in [2.75, 3.05) is 0 Å². The van der Waals surface area contributed by atoms with Crippen molar-refractivity contribution in [2.45, 2.75) is 0 Å². The van der Waals surface area contributed by atoms with Gasteiger partial charge in [0.25, 0.3) is 5.24 Å². The van der Waals surface area contributed by atoms with Gasteiger partial charge in [-0.1, -0.05) is 18.2 Å². The summed E-state index contributed by atoms with van der Waals surface area (Å²) in [6.07, 6.45) is 0. The van der Waals surface area contributed by atoms with Gasteiger partial charge in [0.1, 0.15) is 0 Å². The predicted octanol–water partition coefficient (Wildman–Crippen LogP) is 3.77. The first kappa shape index (κ1) is 9.70. The number of fused-ring (bicyclic) bond motifs is 1. The Hall–Kier alpha value is -1.85. The van der Waals surface area contributed by atoms with E-state index in [1.54, 1.807) is 30.3 Å². The molecule has 0 heterocycles. The average Bonchev–Trinajstić information content (AvgIpc) is 2.27. The van der Waals surface area contributed by atoms with Crippen molar-refractivity contribution in [3.63, 3.8) is 0 Å². The zero-order chi connectivity index (χ0) is 10.8. The van der Waals surface area contributed by atoms with Crippen LogP contribution in [0.1, 0.15) is 10.4 Å². The number of halogens is 1. The molecule has 0 aliphatic rings. The number of hydrogen-bond acceptors (Lipinski definition) is 1. The number of rotatable bonds is 1. The van der Waals surface area contributed by atoms with Gasteiger partial charge >= 0.3 is 0 Å². The summed E-state index contributed by atoms with van der Waals surface area (Å²) in [5, 5.41) is 1.38. The Morgan fingerprint density at radius 1 is 1.13 bits per heavy atom. The number of nitrogens with zero attached hydrogens (tertiary/aromatic N) is 1. The quantitative estimate of drug-likeness (QED) is 0.524. The Bertz CT molecular complexity index is 584. The molecule has 0 bridgehead atoms. The largest absolute Gasteiger partial charge is 0.276 e. The van der Waals surface area contributed by atoms with Gasteiger partial charge in [0.15, 0.2) is 5.69 Å². The zero-order valence-electron chi connectivity index (χ0n) is 7.70. The van der Waals surface area contributed by atoms with Crippen molar-refractivity contribution >= 4 is 33.3 Å². The van der Waals surface area contributed by atoms with Crippen molar-refractivity contribution in [1.29, 1.82) is 0 Å². The second-order valence-electron chi connectivity index (χ2n) is 3.13. The highest BCUT2D eigenvalue weighted by Gasteiger charge is 2.02. The molecule has 0 amide bonds. The fourth-order valence-electron chi connectivity index (χ4n) is 1.42. The van der Waals surface area contributed by atoms with Gasteiger partial charge in [-0.3, -0.25) is 4.79 Å². The van der Waals surface area contributed by atoms with Crippen LogP contribution in [0.2, 0.25) is 0 Å². The summed E-state index contributed by atoms with van der Waals surface area (Å²) in [6.45, 7) is 6.88. The maximum absolute atomic E-state index is 10.9. The standard InChI is InChI=1S/C12H6ClNO/c1-14-11-5-4-8-6-10(12(13)15)3-2-9(8)7-11/h2-7H. The molecule has 0 aromatic heterocycles. The van der Waals surface area contributed by atoms with Crippen molar-refractivity contribution < 1.29 is 4.79 Å². The van der Waals surface area contributed by atoms with E-state index in [4.69, 9.17) is 18.2 Å². The van der Waals surface area contributed by atoms with E-state index in [9.17, 15) is 4.79 Å². The maximum atomic E-state index is 10.9. The lowest BCUT2D eigenvalue weighted by Gasteiger charge is -2.00. The molecule has 15 heavy (non-hydrogen) atoms. The molecular weight excluding hydrogens is 210 g/mol. The molecule has 0 radical (unpaired) electrons. The van der Waals surface area contributed by atoms with Gasteiger partial charge in [-0.25, -0.2) is 4.85 Å². The highest BCUT2D eigenvalue weighted by Crippen LogP contribution is 2.22. The molecule has 3 heteroatoms. The van der Waals surface area contributed by atoms with Crippen LogP contribution >= 0.6 is 11.6 Å². The highest BCUT2D eigenvalue weighted by atomic mass is 35.5. The first-order valence-corrected chi connectivity index (χ1v) is 4.69. The van der Waals surface area contributed by atoms with Gasteiger partial charge in [-0.15, -0.1) is 0 Å². The predicted molar refractivity (Wildman–Crippen MR) is 60.4 cm³/mol. The van der Waals surface area contributed by atoms with Crippen LogP contribution in [0.3, 0.4) is 0 Å². The second kappa shape index (κ2) is 3.72. The van der Waals surface area contributed by atoms with E-state index >= 15 is 0 Å². The third kappa shape index (κ3) is 1.83. The van der Waals surface area contributed by atoms with E-state index in [1.807, 2.05) is 6.07 Å². The molecule has 0 fully saturated rings. The number of hydrogen-bond donors (Lipinski definition) is 0. The molecule has 0 saturated heterocycles. The third-order valence-electron chi connectivity index (χ3n) is 2.18. The molecule has 72 valence electrons. The number of carbonyl (C=O) groups is 1. The van der Waals surface area contributed by atoms with E-state index in [1.165, 1.54) is 0 Å². The van der Waals surface area contributed by atoms with Crippen LogP contribution < -0.4 is 0 Å². The van der Waals surface area contributed by atoms with E-state index in [0.717, 1.165) is 10.8 Å². The van der Waals surface area contributed by atoms with Crippen LogP contribution in [0.5, 0.6) is 0 Å². The normalized spacial score (nSPS) is 9.87. The van der Waals surface area contributed by atoms with E-state index in [0.29, 0.717) is 11.3 Å². The molecule has 2 aromatic carbocycles. The fourth-order valence-corrected chi connectivity index (χ4v) is 1.54. The highest BCUT2D eigenvalue weighted by molar-refractivity contribution is 6.67. The van der Waals surface area contributed by atoms with Crippen LogP contribution in [0.4, 0.5) is 5.69 Å². The SMILES string of the molecule is [C-]#[N+]c1ccc2cc(C(=O)Cl)ccc2c1. The minimum atomic E-state index is -0.467. The van der Waals surface area contributed by atoms with Crippen LogP contribution in [0.25, 0.3) is 15.6 Å². The summed E-state index contributed by atoms with van der Waals surface area (Å²) in [4.78, 5) is 14.3. The molecule has 2 rings (SSSR count). The lowest BCUT2D eigenvalue weighted by molar-refractivity contribution is 0.108. The van der Waals surface area contributed by atoms with Crippen LogP contribution in [0.15, 0.2) is 36.4 Å². The van der Waals surface area contributed by atoms with E-state index in [-0.39, 0.29) is 0 Å². The first-order chi connectivity index (χ1) is 7.20. The monoisotopic (exact) mass is 215 g/mol. The van der Waals surface area contributed by atoms with Crippen LogP contribution in [0, 0.1) is 6.57 Å². The average molecular weight is 216 g/mol. The maximum Gasteiger partial charge on any atom is 0.252 e. The van der Waals surface area contributed by atoms with Crippen molar-refractivity contribution in [1.82, 2.24) is 0 Å². The second-order valence-corrected chi connectivity index (χ2v) is 3.48. The van der Waals surface area contributed by atoms with Crippen molar-refractivity contribution in [2.24, 2.45) is 0 Å². The van der Waals surface area contributed by atoms with Gasteiger partial charge < -0.3 is 0 Å². The van der Waals surface area contributed by atoms with Gasteiger partial charge in [0, 0.05) is 5.56 Å². The Morgan fingerprint density at radius 3 is 2.47 bits per heavy atom. The molecule has 2 aromatic rings. The zero-order valence-corrected chi connectivity index (χ0v) is 8.45. The number of carbonyl (C=O) groups excluding carboxylic acids is 1. The molecule has 0 saturated carbocycles. The number of benzene rings is 2. The Balaban J connectivity index is 2.66. The summed E-state index contributed by atoms with van der Waals surface area (Å²) < 4.78 is 0. The molecule has 0 N–H and O–H groups in total.